The maximum atomic E-state index is 5.89. The number of aromatic nitrogens is 2. The smallest absolute Gasteiger partial charge is 0.142 e. The van der Waals surface area contributed by atoms with E-state index in [1.807, 2.05) is 43.6 Å². The van der Waals surface area contributed by atoms with Gasteiger partial charge in [0.05, 0.1) is 5.25 Å². The normalized spacial score (nSPS) is 30.2. The first-order chi connectivity index (χ1) is 8.49. The van der Waals surface area contributed by atoms with Gasteiger partial charge in [-0.15, -0.1) is 11.8 Å². The van der Waals surface area contributed by atoms with Gasteiger partial charge < -0.3 is 5.73 Å². The van der Waals surface area contributed by atoms with Gasteiger partial charge in [-0.3, -0.25) is 0 Å². The van der Waals surface area contributed by atoms with Crippen LogP contribution in [0.3, 0.4) is 0 Å². The molecule has 0 radical (unpaired) electrons. The van der Waals surface area contributed by atoms with Gasteiger partial charge in [0.25, 0.3) is 0 Å². The van der Waals surface area contributed by atoms with Gasteiger partial charge in [0, 0.05) is 39.7 Å². The number of hydrogen-bond donors (Lipinski definition) is 1. The van der Waals surface area contributed by atoms with Crippen molar-refractivity contribution in [3.05, 3.63) is 23.3 Å². The number of hydrogen-bond acceptors (Lipinski definition) is 5. The summed E-state index contributed by atoms with van der Waals surface area (Å²) >= 11 is 4.01. The topological polar surface area (TPSA) is 51.8 Å². The zero-order valence-electron chi connectivity index (χ0n) is 11.4. The molecule has 0 aromatic carbocycles. The fourth-order valence-electron chi connectivity index (χ4n) is 2.02. The van der Waals surface area contributed by atoms with Crippen LogP contribution in [0.5, 0.6) is 0 Å². The molecule has 0 aliphatic carbocycles. The van der Waals surface area contributed by atoms with E-state index in [-0.39, 0.29) is 6.04 Å². The summed E-state index contributed by atoms with van der Waals surface area (Å²) in [6.45, 7) is 8.58. The molecule has 18 heavy (non-hydrogen) atoms. The summed E-state index contributed by atoms with van der Waals surface area (Å²) in [5, 5.41) is 1.79. The predicted octanol–water partition coefficient (Wildman–Crippen LogP) is 3.10. The van der Waals surface area contributed by atoms with Crippen molar-refractivity contribution in [1.29, 1.82) is 0 Å². The van der Waals surface area contributed by atoms with Crippen molar-refractivity contribution in [2.75, 3.05) is 5.75 Å². The molecule has 1 aliphatic heterocycles. The Balaban J connectivity index is 2.17. The van der Waals surface area contributed by atoms with Gasteiger partial charge in [-0.1, -0.05) is 13.8 Å². The van der Waals surface area contributed by atoms with Gasteiger partial charge in [-0.25, -0.2) is 9.97 Å². The highest BCUT2D eigenvalue weighted by Crippen LogP contribution is 2.43. The zero-order chi connectivity index (χ0) is 13.3. The van der Waals surface area contributed by atoms with Gasteiger partial charge >= 0.3 is 0 Å². The molecular formula is C13H21N3S2. The molecular weight excluding hydrogens is 262 g/mol. The highest BCUT2D eigenvalue weighted by Gasteiger charge is 2.28. The Morgan fingerprint density at radius 2 is 2.11 bits per heavy atom. The number of thioether (sulfide) groups is 2. The minimum absolute atomic E-state index is 0.00591. The van der Waals surface area contributed by atoms with Gasteiger partial charge in [-0.05, 0) is 13.8 Å². The van der Waals surface area contributed by atoms with E-state index in [1.165, 1.54) is 0 Å². The van der Waals surface area contributed by atoms with Crippen LogP contribution < -0.4 is 5.73 Å². The highest BCUT2D eigenvalue weighted by atomic mass is 32.2. The van der Waals surface area contributed by atoms with Gasteiger partial charge in [0.15, 0.2) is 0 Å². The summed E-state index contributed by atoms with van der Waals surface area (Å²) < 4.78 is 0. The molecule has 0 saturated carbocycles. The summed E-state index contributed by atoms with van der Waals surface area (Å²) in [6.07, 6.45) is 1.90. The molecule has 0 spiro atoms. The summed E-state index contributed by atoms with van der Waals surface area (Å²) in [5.41, 5.74) is 7.96. The molecule has 2 heterocycles. The molecule has 1 aliphatic rings. The van der Waals surface area contributed by atoms with Crippen LogP contribution in [-0.4, -0.2) is 26.2 Å². The van der Waals surface area contributed by atoms with Crippen LogP contribution in [-0.2, 0) is 0 Å². The lowest BCUT2D eigenvalue weighted by molar-refractivity contribution is 0.769. The van der Waals surface area contributed by atoms with Gasteiger partial charge in [-0.2, -0.15) is 11.8 Å². The second-order valence-corrected chi connectivity index (χ2v) is 7.92. The van der Waals surface area contributed by atoms with E-state index in [9.17, 15) is 0 Å². The van der Waals surface area contributed by atoms with Crippen molar-refractivity contribution in [3.63, 3.8) is 0 Å². The summed E-state index contributed by atoms with van der Waals surface area (Å²) in [6, 6.07) is 0.00591. The molecule has 1 saturated heterocycles. The van der Waals surface area contributed by atoms with Crippen molar-refractivity contribution in [3.8, 4) is 0 Å². The number of nitrogens with two attached hydrogens (primary N) is 1. The van der Waals surface area contributed by atoms with Crippen molar-refractivity contribution >= 4 is 23.5 Å². The molecule has 100 valence electrons. The molecule has 0 bridgehead atoms. The summed E-state index contributed by atoms with van der Waals surface area (Å²) in [4.78, 5) is 9.17. The lowest BCUT2D eigenvalue weighted by Gasteiger charge is -2.30. The lowest BCUT2D eigenvalue weighted by atomic mass is 10.1. The molecule has 3 nitrogen and oxygen atoms in total. The molecule has 3 unspecified atom stereocenters. The second-order valence-electron chi connectivity index (χ2n) is 4.93. The fourth-order valence-corrected chi connectivity index (χ4v) is 4.87. The number of nitrogens with zero attached hydrogens (tertiary/aromatic N) is 2. The van der Waals surface area contributed by atoms with Crippen LogP contribution in [0.2, 0.25) is 0 Å². The predicted molar refractivity (Wildman–Crippen MR) is 81.1 cm³/mol. The molecule has 1 fully saturated rings. The Hall–Kier alpha value is -0.260. The van der Waals surface area contributed by atoms with Crippen LogP contribution in [0, 0.1) is 6.92 Å². The van der Waals surface area contributed by atoms with E-state index in [2.05, 4.69) is 23.8 Å². The van der Waals surface area contributed by atoms with Gasteiger partial charge in [0.1, 0.15) is 5.82 Å². The van der Waals surface area contributed by atoms with Gasteiger partial charge in [0.2, 0.25) is 0 Å². The standard InChI is InChI=1S/C13H21N3S2/c1-7(14)11-5-15-13(16-8(11)2)12-6-17-9(3)10(4)18-12/h5,7,9-10,12H,6,14H2,1-4H3/t7-,9?,10?,12?/m0/s1. The number of aryl methyl sites for hydroxylation is 1. The highest BCUT2D eigenvalue weighted by molar-refractivity contribution is 8.07. The monoisotopic (exact) mass is 283 g/mol. The van der Waals surface area contributed by atoms with E-state index < -0.39 is 0 Å². The Kier molecular flexibility index (Phi) is 4.56. The first-order valence-electron chi connectivity index (χ1n) is 6.35. The minimum Gasteiger partial charge on any atom is -0.324 e. The van der Waals surface area contributed by atoms with Crippen LogP contribution in [0.1, 0.15) is 49.1 Å². The molecule has 0 amide bonds. The van der Waals surface area contributed by atoms with Crippen molar-refractivity contribution in [2.45, 2.75) is 49.5 Å². The summed E-state index contributed by atoms with van der Waals surface area (Å²) in [5.74, 6) is 2.07. The average Bonchev–Trinajstić information content (AvgIpc) is 2.32. The fraction of sp³-hybridized carbons (Fsp3) is 0.692. The molecule has 1 aromatic rings. The largest absolute Gasteiger partial charge is 0.324 e. The maximum absolute atomic E-state index is 5.89. The van der Waals surface area contributed by atoms with E-state index in [1.54, 1.807) is 0 Å². The third-order valence-corrected chi connectivity index (χ3v) is 6.75. The Labute approximate surface area is 118 Å². The van der Waals surface area contributed by atoms with Crippen LogP contribution in [0.25, 0.3) is 0 Å². The molecule has 1 aromatic heterocycles. The van der Waals surface area contributed by atoms with Crippen molar-refractivity contribution in [1.82, 2.24) is 9.97 Å². The minimum atomic E-state index is 0.00591. The van der Waals surface area contributed by atoms with Crippen LogP contribution in [0.15, 0.2) is 6.20 Å². The first-order valence-corrected chi connectivity index (χ1v) is 8.34. The quantitative estimate of drug-likeness (QED) is 0.904. The number of rotatable bonds is 2. The first kappa shape index (κ1) is 14.2. The van der Waals surface area contributed by atoms with E-state index in [0.29, 0.717) is 10.5 Å². The Bertz CT molecular complexity index is 423. The Morgan fingerprint density at radius 3 is 2.67 bits per heavy atom. The van der Waals surface area contributed by atoms with Crippen molar-refractivity contribution < 1.29 is 0 Å². The third kappa shape index (κ3) is 3.00. The molecule has 2 rings (SSSR count). The van der Waals surface area contributed by atoms with E-state index in [0.717, 1.165) is 28.1 Å². The average molecular weight is 283 g/mol. The van der Waals surface area contributed by atoms with Crippen LogP contribution >= 0.6 is 23.5 Å². The van der Waals surface area contributed by atoms with E-state index >= 15 is 0 Å². The lowest BCUT2D eigenvalue weighted by Crippen LogP contribution is -2.23. The Morgan fingerprint density at radius 1 is 1.39 bits per heavy atom. The second kappa shape index (κ2) is 5.80. The third-order valence-electron chi connectivity index (χ3n) is 3.36. The van der Waals surface area contributed by atoms with E-state index in [4.69, 9.17) is 5.73 Å². The molecule has 5 heteroatoms. The SMILES string of the molecule is Cc1nc(C2CSC(C)C(C)S2)ncc1[C@H](C)N. The maximum Gasteiger partial charge on any atom is 0.142 e. The van der Waals surface area contributed by atoms with Crippen molar-refractivity contribution in [2.24, 2.45) is 5.73 Å². The molecule has 4 atom stereocenters. The zero-order valence-corrected chi connectivity index (χ0v) is 13.0. The van der Waals surface area contributed by atoms with Crippen LogP contribution in [0.4, 0.5) is 0 Å². The molecule has 2 N–H and O–H groups in total. The summed E-state index contributed by atoms with van der Waals surface area (Å²) in [7, 11) is 0.